The number of rotatable bonds is 7. The number of carbonyl (C=O) groups is 1. The highest BCUT2D eigenvalue weighted by atomic mass is 35.5. The molecule has 0 unspecified atom stereocenters. The van der Waals surface area contributed by atoms with Gasteiger partial charge in [0.1, 0.15) is 42.9 Å². The van der Waals surface area contributed by atoms with Crippen LogP contribution >= 0.6 is 11.6 Å². The first-order valence-corrected chi connectivity index (χ1v) is 10.5. The van der Waals surface area contributed by atoms with Crippen molar-refractivity contribution in [2.24, 2.45) is 0 Å². The Bertz CT molecular complexity index is 886. The van der Waals surface area contributed by atoms with Crippen LogP contribution in [0.15, 0.2) is 42.5 Å². The third kappa shape index (κ3) is 5.75. The van der Waals surface area contributed by atoms with E-state index in [2.05, 4.69) is 0 Å². The Hall–Kier alpha value is -2.16. The summed E-state index contributed by atoms with van der Waals surface area (Å²) in [5.74, 6) is 0.258. The van der Waals surface area contributed by atoms with Gasteiger partial charge in [-0.05, 0) is 48.2 Å². The maximum atomic E-state index is 11.1. The van der Waals surface area contributed by atoms with Gasteiger partial charge in [0.05, 0.1) is 6.61 Å². The topological polar surface area (TPSA) is 105 Å². The van der Waals surface area contributed by atoms with Crippen molar-refractivity contribution in [1.82, 2.24) is 0 Å². The smallest absolute Gasteiger partial charge is 0.302 e. The lowest BCUT2D eigenvalue weighted by atomic mass is 9.90. The highest BCUT2D eigenvalue weighted by Crippen LogP contribution is 2.34. The van der Waals surface area contributed by atoms with E-state index in [4.69, 9.17) is 25.8 Å². The standard InChI is InChI=1S/C23H27ClO7/c1-3-29-17-7-4-14(5-8-17)10-16-11-15(6-9-18(16)24)23-22(28)21(27)20(26)19(31-23)12-30-13(2)25/h4-9,11,19-23,26-28H,3,10,12H2,1-2H3/t19-,20-,21+,22+,23-/m1/s1. The molecule has 31 heavy (non-hydrogen) atoms. The van der Waals surface area contributed by atoms with E-state index >= 15 is 0 Å². The van der Waals surface area contributed by atoms with Crippen LogP contribution in [0.3, 0.4) is 0 Å². The van der Waals surface area contributed by atoms with E-state index in [0.717, 1.165) is 16.9 Å². The first-order valence-electron chi connectivity index (χ1n) is 10.1. The molecular weight excluding hydrogens is 424 g/mol. The van der Waals surface area contributed by atoms with Gasteiger partial charge in [-0.1, -0.05) is 35.9 Å². The number of halogens is 1. The molecule has 2 aromatic rings. The quantitative estimate of drug-likeness (QED) is 0.556. The Morgan fingerprint density at radius 1 is 1.06 bits per heavy atom. The first-order chi connectivity index (χ1) is 14.8. The molecule has 0 aliphatic carbocycles. The summed E-state index contributed by atoms with van der Waals surface area (Å²) in [6.07, 6.45) is -5.55. The molecule has 0 radical (unpaired) electrons. The van der Waals surface area contributed by atoms with Crippen LogP contribution in [-0.4, -0.2) is 58.9 Å². The lowest BCUT2D eigenvalue weighted by Gasteiger charge is -2.40. The van der Waals surface area contributed by atoms with Crippen molar-refractivity contribution >= 4 is 17.6 Å². The second-order valence-corrected chi connectivity index (χ2v) is 7.88. The zero-order valence-electron chi connectivity index (χ0n) is 17.4. The van der Waals surface area contributed by atoms with Gasteiger partial charge in [-0.15, -0.1) is 0 Å². The number of carbonyl (C=O) groups excluding carboxylic acids is 1. The van der Waals surface area contributed by atoms with Crippen LogP contribution in [0.25, 0.3) is 0 Å². The monoisotopic (exact) mass is 450 g/mol. The van der Waals surface area contributed by atoms with Crippen molar-refractivity contribution in [2.75, 3.05) is 13.2 Å². The normalized spacial score (nSPS) is 25.8. The molecule has 1 heterocycles. The molecule has 3 rings (SSSR count). The second kappa shape index (κ2) is 10.4. The van der Waals surface area contributed by atoms with Gasteiger partial charge in [0, 0.05) is 11.9 Å². The van der Waals surface area contributed by atoms with Crippen molar-refractivity contribution in [3.8, 4) is 5.75 Å². The van der Waals surface area contributed by atoms with Crippen LogP contribution in [0.5, 0.6) is 5.75 Å². The van der Waals surface area contributed by atoms with E-state index in [1.807, 2.05) is 31.2 Å². The summed E-state index contributed by atoms with van der Waals surface area (Å²) < 4.78 is 16.2. The third-order valence-electron chi connectivity index (χ3n) is 5.19. The van der Waals surface area contributed by atoms with Gasteiger partial charge in [-0.3, -0.25) is 4.79 Å². The molecule has 0 bridgehead atoms. The minimum Gasteiger partial charge on any atom is -0.494 e. The Labute approximate surface area is 186 Å². The molecule has 1 aliphatic heterocycles. The molecule has 1 fully saturated rings. The summed E-state index contributed by atoms with van der Waals surface area (Å²) in [5.41, 5.74) is 2.43. The lowest BCUT2D eigenvalue weighted by Crippen LogP contribution is -2.55. The second-order valence-electron chi connectivity index (χ2n) is 7.47. The summed E-state index contributed by atoms with van der Waals surface area (Å²) >= 11 is 6.39. The maximum Gasteiger partial charge on any atom is 0.302 e. The van der Waals surface area contributed by atoms with Gasteiger partial charge in [-0.25, -0.2) is 0 Å². The van der Waals surface area contributed by atoms with E-state index < -0.39 is 36.5 Å². The Kier molecular flexibility index (Phi) is 7.91. The molecule has 0 saturated carbocycles. The number of ether oxygens (including phenoxy) is 3. The fourth-order valence-electron chi connectivity index (χ4n) is 3.56. The summed E-state index contributed by atoms with van der Waals surface area (Å²) in [4.78, 5) is 11.1. The summed E-state index contributed by atoms with van der Waals surface area (Å²) in [6, 6.07) is 12.9. The summed E-state index contributed by atoms with van der Waals surface area (Å²) in [5, 5.41) is 31.5. The predicted molar refractivity (Wildman–Crippen MR) is 114 cm³/mol. The molecule has 168 valence electrons. The molecule has 0 spiro atoms. The number of hydrogen-bond donors (Lipinski definition) is 3. The zero-order valence-corrected chi connectivity index (χ0v) is 18.2. The van der Waals surface area contributed by atoms with Gasteiger partial charge >= 0.3 is 5.97 Å². The maximum absolute atomic E-state index is 11.1. The lowest BCUT2D eigenvalue weighted by molar-refractivity contribution is -0.234. The highest BCUT2D eigenvalue weighted by molar-refractivity contribution is 6.31. The number of aliphatic hydroxyl groups excluding tert-OH is 3. The van der Waals surface area contributed by atoms with Gasteiger partial charge < -0.3 is 29.5 Å². The molecule has 1 saturated heterocycles. The Morgan fingerprint density at radius 2 is 1.77 bits per heavy atom. The fourth-order valence-corrected chi connectivity index (χ4v) is 3.75. The van der Waals surface area contributed by atoms with Crippen molar-refractivity contribution in [3.05, 3.63) is 64.2 Å². The van der Waals surface area contributed by atoms with Crippen LogP contribution < -0.4 is 4.74 Å². The molecule has 1 aliphatic rings. The molecule has 5 atom stereocenters. The van der Waals surface area contributed by atoms with E-state index in [1.54, 1.807) is 18.2 Å². The van der Waals surface area contributed by atoms with E-state index in [1.165, 1.54) is 6.92 Å². The van der Waals surface area contributed by atoms with Crippen LogP contribution in [0.2, 0.25) is 5.02 Å². The first kappa shape index (κ1) is 23.5. The van der Waals surface area contributed by atoms with Crippen molar-refractivity contribution in [3.63, 3.8) is 0 Å². The third-order valence-corrected chi connectivity index (χ3v) is 5.56. The van der Waals surface area contributed by atoms with Crippen LogP contribution in [-0.2, 0) is 20.7 Å². The molecule has 2 aromatic carbocycles. The Balaban J connectivity index is 1.80. The molecular formula is C23H27ClO7. The number of esters is 1. The van der Waals surface area contributed by atoms with Gasteiger partial charge in [0.15, 0.2) is 0 Å². The molecule has 0 amide bonds. The predicted octanol–water partition coefficient (Wildman–Crippen LogP) is 2.42. The fraction of sp³-hybridized carbons (Fsp3) is 0.435. The highest BCUT2D eigenvalue weighted by Gasteiger charge is 2.44. The van der Waals surface area contributed by atoms with E-state index in [0.29, 0.717) is 23.6 Å². The SMILES string of the molecule is CCOc1ccc(Cc2cc([C@H]3O[C@H](COC(C)=O)[C@@H](O)[C@H](O)[C@@H]3O)ccc2Cl)cc1. The molecule has 7 nitrogen and oxygen atoms in total. The number of aliphatic hydroxyl groups is 3. The zero-order chi connectivity index (χ0) is 22.5. The largest absolute Gasteiger partial charge is 0.494 e. The van der Waals surface area contributed by atoms with Crippen LogP contribution in [0.1, 0.15) is 36.6 Å². The average Bonchev–Trinajstić information content (AvgIpc) is 2.75. The average molecular weight is 451 g/mol. The van der Waals surface area contributed by atoms with E-state index in [9.17, 15) is 20.1 Å². The van der Waals surface area contributed by atoms with Gasteiger partial charge in [-0.2, -0.15) is 0 Å². The van der Waals surface area contributed by atoms with E-state index in [-0.39, 0.29) is 6.61 Å². The minimum atomic E-state index is -1.45. The van der Waals surface area contributed by atoms with Gasteiger partial charge in [0.25, 0.3) is 0 Å². The van der Waals surface area contributed by atoms with Crippen molar-refractivity contribution < 1.29 is 34.3 Å². The Morgan fingerprint density at radius 3 is 2.42 bits per heavy atom. The summed E-state index contributed by atoms with van der Waals surface area (Å²) in [6.45, 7) is 3.53. The van der Waals surface area contributed by atoms with Crippen LogP contribution in [0, 0.1) is 0 Å². The number of hydrogen-bond acceptors (Lipinski definition) is 7. The van der Waals surface area contributed by atoms with Crippen molar-refractivity contribution in [1.29, 1.82) is 0 Å². The van der Waals surface area contributed by atoms with Crippen LogP contribution in [0.4, 0.5) is 0 Å². The molecule has 0 aromatic heterocycles. The van der Waals surface area contributed by atoms with Crippen molar-refractivity contribution in [2.45, 2.75) is 50.8 Å². The molecule has 8 heteroatoms. The summed E-state index contributed by atoms with van der Waals surface area (Å²) in [7, 11) is 0. The number of benzene rings is 2. The van der Waals surface area contributed by atoms with Gasteiger partial charge in [0.2, 0.25) is 0 Å². The molecule has 3 N–H and O–H groups in total. The minimum absolute atomic E-state index is 0.233.